The predicted molar refractivity (Wildman–Crippen MR) is 101 cm³/mol. The number of likely N-dealkylation sites (tertiary alicyclic amines) is 2. The number of rotatable bonds is 5. The van der Waals surface area contributed by atoms with Gasteiger partial charge in [0, 0.05) is 38.6 Å². The van der Waals surface area contributed by atoms with E-state index in [1.165, 1.54) is 12.0 Å². The number of hydrogen-bond donors (Lipinski definition) is 2. The van der Waals surface area contributed by atoms with Gasteiger partial charge in [0.2, 0.25) is 5.91 Å². The molecule has 0 radical (unpaired) electrons. The van der Waals surface area contributed by atoms with Crippen LogP contribution in [0.5, 0.6) is 0 Å². The largest absolute Gasteiger partial charge is 0.369 e. The number of nitrogens with zero attached hydrogens (tertiary/aromatic N) is 2. The lowest BCUT2D eigenvalue weighted by Gasteiger charge is -2.34. The van der Waals surface area contributed by atoms with Crippen molar-refractivity contribution in [2.75, 3.05) is 32.7 Å². The maximum Gasteiger partial charge on any atom is 0.317 e. The Morgan fingerprint density at radius 1 is 1.08 bits per heavy atom. The molecule has 6 heteroatoms. The molecule has 0 aliphatic carbocycles. The highest BCUT2D eigenvalue weighted by atomic mass is 16.2. The third-order valence-corrected chi connectivity index (χ3v) is 5.58. The molecular weight excluding hydrogens is 328 g/mol. The number of carbonyl (C=O) groups is 2. The fraction of sp³-hybridized carbons (Fsp3) is 0.600. The van der Waals surface area contributed by atoms with E-state index in [0.29, 0.717) is 31.8 Å². The number of nitrogens with one attached hydrogen (secondary N) is 1. The van der Waals surface area contributed by atoms with E-state index < -0.39 is 0 Å². The van der Waals surface area contributed by atoms with Gasteiger partial charge in [-0.05, 0) is 43.7 Å². The second-order valence-electron chi connectivity index (χ2n) is 7.58. The van der Waals surface area contributed by atoms with Gasteiger partial charge >= 0.3 is 6.03 Å². The molecule has 0 spiro atoms. The maximum absolute atomic E-state index is 12.4. The minimum Gasteiger partial charge on any atom is -0.369 e. The number of primary amides is 1. The van der Waals surface area contributed by atoms with Crippen LogP contribution in [0.15, 0.2) is 30.3 Å². The van der Waals surface area contributed by atoms with E-state index in [4.69, 9.17) is 5.73 Å². The summed E-state index contributed by atoms with van der Waals surface area (Å²) in [6, 6.07) is 10.5. The molecule has 2 aliphatic rings. The van der Waals surface area contributed by atoms with Gasteiger partial charge in [0.05, 0.1) is 0 Å². The van der Waals surface area contributed by atoms with Gasteiger partial charge in [0.15, 0.2) is 0 Å². The van der Waals surface area contributed by atoms with Crippen LogP contribution in [-0.2, 0) is 11.3 Å². The van der Waals surface area contributed by atoms with Crippen LogP contribution in [0.25, 0.3) is 0 Å². The molecule has 26 heavy (non-hydrogen) atoms. The van der Waals surface area contributed by atoms with Crippen molar-refractivity contribution in [2.45, 2.75) is 32.2 Å². The first-order chi connectivity index (χ1) is 12.6. The Balaban J connectivity index is 1.40. The highest BCUT2D eigenvalue weighted by Gasteiger charge is 2.26. The summed E-state index contributed by atoms with van der Waals surface area (Å²) >= 11 is 0. The van der Waals surface area contributed by atoms with E-state index >= 15 is 0 Å². The van der Waals surface area contributed by atoms with Crippen molar-refractivity contribution < 1.29 is 9.59 Å². The predicted octanol–water partition coefficient (Wildman–Crippen LogP) is 1.81. The van der Waals surface area contributed by atoms with Crippen molar-refractivity contribution in [3.05, 3.63) is 35.9 Å². The molecule has 2 saturated heterocycles. The van der Waals surface area contributed by atoms with Gasteiger partial charge in [-0.2, -0.15) is 0 Å². The van der Waals surface area contributed by atoms with Gasteiger partial charge < -0.3 is 16.0 Å². The zero-order valence-corrected chi connectivity index (χ0v) is 15.4. The molecule has 1 atom stereocenters. The Bertz CT molecular complexity index is 599. The van der Waals surface area contributed by atoms with Crippen molar-refractivity contribution in [1.82, 2.24) is 15.1 Å². The summed E-state index contributed by atoms with van der Waals surface area (Å²) in [7, 11) is 0. The van der Waals surface area contributed by atoms with Crippen LogP contribution in [0.2, 0.25) is 0 Å². The molecular formula is C20H30N4O2. The molecule has 1 unspecified atom stereocenters. The fourth-order valence-electron chi connectivity index (χ4n) is 4.01. The first-order valence-electron chi connectivity index (χ1n) is 9.70. The number of nitrogens with two attached hydrogens (primary N) is 1. The molecule has 1 aromatic carbocycles. The van der Waals surface area contributed by atoms with E-state index in [1.807, 2.05) is 11.0 Å². The van der Waals surface area contributed by atoms with Crippen molar-refractivity contribution in [2.24, 2.45) is 17.6 Å². The quantitative estimate of drug-likeness (QED) is 0.842. The van der Waals surface area contributed by atoms with E-state index in [9.17, 15) is 9.59 Å². The van der Waals surface area contributed by atoms with E-state index in [0.717, 1.165) is 32.6 Å². The molecule has 0 saturated carbocycles. The van der Waals surface area contributed by atoms with Gasteiger partial charge in [-0.3, -0.25) is 9.69 Å². The van der Waals surface area contributed by atoms with Crippen LogP contribution in [0.3, 0.4) is 0 Å². The number of carbonyl (C=O) groups excluding carboxylic acids is 2. The Morgan fingerprint density at radius 2 is 1.81 bits per heavy atom. The molecule has 1 aromatic rings. The topological polar surface area (TPSA) is 78.7 Å². The van der Waals surface area contributed by atoms with Crippen molar-refractivity contribution in [3.63, 3.8) is 0 Å². The zero-order chi connectivity index (χ0) is 18.4. The summed E-state index contributed by atoms with van der Waals surface area (Å²) in [5.41, 5.74) is 6.69. The Labute approximate surface area is 155 Å². The molecule has 0 aromatic heterocycles. The number of piperidine rings is 2. The lowest BCUT2D eigenvalue weighted by molar-refractivity contribution is -0.123. The second kappa shape index (κ2) is 9.03. The third kappa shape index (κ3) is 5.21. The Kier molecular flexibility index (Phi) is 6.50. The molecule has 2 heterocycles. The van der Waals surface area contributed by atoms with Crippen molar-refractivity contribution in [3.8, 4) is 0 Å². The molecule has 2 fully saturated rings. The highest BCUT2D eigenvalue weighted by Crippen LogP contribution is 2.19. The van der Waals surface area contributed by atoms with Crippen LogP contribution in [0.1, 0.15) is 31.2 Å². The molecule has 6 nitrogen and oxygen atoms in total. The lowest BCUT2D eigenvalue weighted by Crippen LogP contribution is -2.48. The van der Waals surface area contributed by atoms with Gasteiger partial charge in [-0.25, -0.2) is 4.79 Å². The van der Waals surface area contributed by atoms with E-state index in [-0.39, 0.29) is 17.9 Å². The summed E-state index contributed by atoms with van der Waals surface area (Å²) < 4.78 is 0. The average molecular weight is 358 g/mol. The lowest BCUT2D eigenvalue weighted by atomic mass is 9.96. The number of hydrogen-bond acceptors (Lipinski definition) is 3. The first kappa shape index (κ1) is 18.7. The van der Waals surface area contributed by atoms with Crippen LogP contribution < -0.4 is 11.1 Å². The SMILES string of the molecule is NC(=O)C1CCN(C(=O)NCC2CCCN(Cc3ccccc3)C2)CC1. The molecule has 3 N–H and O–H groups in total. The van der Waals surface area contributed by atoms with Crippen LogP contribution in [-0.4, -0.2) is 54.5 Å². The Hall–Kier alpha value is -2.08. The maximum atomic E-state index is 12.4. The molecule has 142 valence electrons. The molecule has 3 amide bonds. The minimum absolute atomic E-state index is 0.00639. The zero-order valence-electron chi connectivity index (χ0n) is 15.4. The number of benzene rings is 1. The average Bonchev–Trinajstić information content (AvgIpc) is 2.67. The van der Waals surface area contributed by atoms with Crippen LogP contribution >= 0.6 is 0 Å². The normalized spacial score (nSPS) is 22.2. The smallest absolute Gasteiger partial charge is 0.317 e. The molecule has 0 bridgehead atoms. The number of urea groups is 1. The summed E-state index contributed by atoms with van der Waals surface area (Å²) in [5.74, 6) is 0.175. The van der Waals surface area contributed by atoms with Crippen LogP contribution in [0.4, 0.5) is 4.79 Å². The summed E-state index contributed by atoms with van der Waals surface area (Å²) in [6.45, 7) is 5.08. The second-order valence-corrected chi connectivity index (χ2v) is 7.58. The minimum atomic E-state index is -0.245. The van der Waals surface area contributed by atoms with Crippen LogP contribution in [0, 0.1) is 11.8 Å². The fourth-order valence-corrected chi connectivity index (χ4v) is 4.01. The van der Waals surface area contributed by atoms with Gasteiger partial charge in [0.1, 0.15) is 0 Å². The van der Waals surface area contributed by atoms with Gasteiger partial charge in [0.25, 0.3) is 0 Å². The molecule has 2 aliphatic heterocycles. The van der Waals surface area contributed by atoms with E-state index in [1.54, 1.807) is 0 Å². The standard InChI is InChI=1S/C20H30N4O2/c21-19(25)18-8-11-24(12-9-18)20(26)22-13-17-7-4-10-23(15-17)14-16-5-2-1-3-6-16/h1-3,5-6,17-18H,4,7-15H2,(H2,21,25)(H,22,26). The highest BCUT2D eigenvalue weighted by molar-refractivity contribution is 5.78. The van der Waals surface area contributed by atoms with Gasteiger partial charge in [-0.15, -0.1) is 0 Å². The van der Waals surface area contributed by atoms with Gasteiger partial charge in [-0.1, -0.05) is 30.3 Å². The summed E-state index contributed by atoms with van der Waals surface area (Å²) in [5, 5.41) is 3.09. The summed E-state index contributed by atoms with van der Waals surface area (Å²) in [6.07, 6.45) is 3.70. The van der Waals surface area contributed by atoms with Crippen molar-refractivity contribution in [1.29, 1.82) is 0 Å². The third-order valence-electron chi connectivity index (χ3n) is 5.58. The Morgan fingerprint density at radius 3 is 2.50 bits per heavy atom. The molecule has 3 rings (SSSR count). The van der Waals surface area contributed by atoms with E-state index in [2.05, 4.69) is 34.5 Å². The number of amides is 3. The first-order valence-corrected chi connectivity index (χ1v) is 9.70. The monoisotopic (exact) mass is 358 g/mol. The van der Waals surface area contributed by atoms with Crippen molar-refractivity contribution >= 4 is 11.9 Å². The summed E-state index contributed by atoms with van der Waals surface area (Å²) in [4.78, 5) is 27.9.